The van der Waals surface area contributed by atoms with E-state index in [1.54, 1.807) is 34.9 Å². The summed E-state index contributed by atoms with van der Waals surface area (Å²) in [6, 6.07) is 9.07. The molecule has 0 saturated carbocycles. The predicted molar refractivity (Wildman–Crippen MR) is 90.7 cm³/mol. The van der Waals surface area contributed by atoms with Crippen LogP contribution in [0.3, 0.4) is 0 Å². The largest absolute Gasteiger partial charge is 0.175 e. The summed E-state index contributed by atoms with van der Waals surface area (Å²) in [5.74, 6) is 0.967. The van der Waals surface area contributed by atoms with E-state index in [0.29, 0.717) is 0 Å². The molecule has 0 aliphatic rings. The van der Waals surface area contributed by atoms with E-state index >= 15 is 0 Å². The molecule has 0 radical (unpaired) electrons. The zero-order chi connectivity index (χ0) is 13.9. The predicted octanol–water partition coefficient (Wildman–Crippen LogP) is 4.10. The smallest absolute Gasteiger partial charge is 0.131 e. The van der Waals surface area contributed by atoms with Gasteiger partial charge >= 0.3 is 0 Å². The molecule has 19 heavy (non-hydrogen) atoms. The fourth-order valence-electron chi connectivity index (χ4n) is 1.58. The molecule has 1 heterocycles. The lowest BCUT2D eigenvalue weighted by Crippen LogP contribution is -2.37. The first-order valence-electron chi connectivity index (χ1n) is 6.09. The van der Waals surface area contributed by atoms with Gasteiger partial charge in [-0.1, -0.05) is 84.0 Å². The summed E-state index contributed by atoms with van der Waals surface area (Å²) >= 11 is 5.09. The van der Waals surface area contributed by atoms with E-state index in [0.717, 1.165) is 14.4 Å². The SMILES string of the molecule is CSc1nnc(SCc2ccc([Si](C)(C)C)cc2)s1. The summed E-state index contributed by atoms with van der Waals surface area (Å²) in [4.78, 5) is 0. The minimum absolute atomic E-state index is 0.967. The van der Waals surface area contributed by atoms with Crippen molar-refractivity contribution in [2.45, 2.75) is 34.1 Å². The zero-order valence-corrected chi connectivity index (χ0v) is 15.1. The van der Waals surface area contributed by atoms with E-state index in [2.05, 4.69) is 54.1 Å². The Labute approximate surface area is 128 Å². The van der Waals surface area contributed by atoms with E-state index in [-0.39, 0.29) is 0 Å². The lowest BCUT2D eigenvalue weighted by Gasteiger charge is -2.16. The standard InChI is InChI=1S/C13H18N2S3Si/c1-16-12-14-15-13(18-12)17-9-10-5-7-11(8-6-10)19(2,3)4/h5-8H,9H2,1-4H3. The van der Waals surface area contributed by atoms with Crippen LogP contribution in [0.15, 0.2) is 32.9 Å². The zero-order valence-electron chi connectivity index (χ0n) is 11.6. The molecule has 1 aromatic carbocycles. The van der Waals surface area contributed by atoms with Crippen LogP contribution in [-0.4, -0.2) is 24.5 Å². The van der Waals surface area contributed by atoms with Gasteiger partial charge < -0.3 is 0 Å². The molecule has 0 unspecified atom stereocenters. The average molecular weight is 327 g/mol. The Bertz CT molecular complexity index is 532. The van der Waals surface area contributed by atoms with Crippen molar-refractivity contribution in [3.8, 4) is 0 Å². The number of aromatic nitrogens is 2. The molecule has 0 aliphatic carbocycles. The molecule has 6 heteroatoms. The summed E-state index contributed by atoms with van der Waals surface area (Å²) in [6.45, 7) is 7.13. The topological polar surface area (TPSA) is 25.8 Å². The molecule has 2 aromatic rings. The highest BCUT2D eigenvalue weighted by Gasteiger charge is 2.15. The third kappa shape index (κ3) is 4.34. The first-order valence-corrected chi connectivity index (χ1v) is 12.6. The second-order valence-electron chi connectivity index (χ2n) is 5.27. The van der Waals surface area contributed by atoms with E-state index < -0.39 is 8.07 Å². The Morgan fingerprint density at radius 3 is 2.21 bits per heavy atom. The first kappa shape index (κ1) is 15.1. The molecular formula is C13H18N2S3Si. The Morgan fingerprint density at radius 2 is 1.68 bits per heavy atom. The van der Waals surface area contributed by atoms with Gasteiger partial charge in [-0.15, -0.1) is 10.2 Å². The van der Waals surface area contributed by atoms with E-state index in [9.17, 15) is 0 Å². The minimum Gasteiger partial charge on any atom is -0.131 e. The summed E-state index contributed by atoms with van der Waals surface area (Å²) in [5.41, 5.74) is 1.35. The summed E-state index contributed by atoms with van der Waals surface area (Å²) < 4.78 is 2.09. The molecule has 0 saturated heterocycles. The second-order valence-corrected chi connectivity index (χ2v) is 13.6. The molecule has 0 aliphatic heterocycles. The van der Waals surface area contributed by atoms with Crippen molar-refractivity contribution in [1.82, 2.24) is 10.2 Å². The fourth-order valence-corrected chi connectivity index (χ4v) is 5.14. The lowest BCUT2D eigenvalue weighted by atomic mass is 10.2. The average Bonchev–Trinajstić information content (AvgIpc) is 2.84. The van der Waals surface area contributed by atoms with Crippen LogP contribution in [0.2, 0.25) is 19.6 Å². The van der Waals surface area contributed by atoms with Crippen molar-refractivity contribution in [3.63, 3.8) is 0 Å². The Hall–Kier alpha value is -0.303. The van der Waals surface area contributed by atoms with Gasteiger partial charge in [-0.2, -0.15) is 0 Å². The number of nitrogens with zero attached hydrogens (tertiary/aromatic N) is 2. The van der Waals surface area contributed by atoms with Gasteiger partial charge in [-0.3, -0.25) is 0 Å². The molecule has 0 amide bonds. The van der Waals surface area contributed by atoms with Gasteiger partial charge in [0.25, 0.3) is 0 Å². The Morgan fingerprint density at radius 1 is 1.05 bits per heavy atom. The van der Waals surface area contributed by atoms with Crippen molar-refractivity contribution in [2.75, 3.05) is 6.26 Å². The molecule has 102 valence electrons. The fraction of sp³-hybridized carbons (Fsp3) is 0.385. The molecular weight excluding hydrogens is 308 g/mol. The Balaban J connectivity index is 1.96. The quantitative estimate of drug-likeness (QED) is 0.610. The molecule has 2 rings (SSSR count). The number of hydrogen-bond donors (Lipinski definition) is 0. The molecule has 0 N–H and O–H groups in total. The van der Waals surface area contributed by atoms with Crippen molar-refractivity contribution >= 4 is 48.1 Å². The van der Waals surface area contributed by atoms with Crippen LogP contribution < -0.4 is 5.19 Å². The van der Waals surface area contributed by atoms with Crippen LogP contribution in [0.25, 0.3) is 0 Å². The van der Waals surface area contributed by atoms with Crippen molar-refractivity contribution in [2.24, 2.45) is 0 Å². The summed E-state index contributed by atoms with van der Waals surface area (Å²) in [7, 11) is -1.17. The van der Waals surface area contributed by atoms with Crippen LogP contribution >= 0.6 is 34.9 Å². The normalized spacial score (nSPS) is 11.8. The van der Waals surface area contributed by atoms with Gasteiger partial charge in [0.05, 0.1) is 8.07 Å². The van der Waals surface area contributed by atoms with Gasteiger partial charge in [0, 0.05) is 5.75 Å². The molecule has 1 aromatic heterocycles. The number of rotatable bonds is 5. The maximum atomic E-state index is 4.18. The van der Waals surface area contributed by atoms with Crippen molar-refractivity contribution in [1.29, 1.82) is 0 Å². The highest BCUT2D eigenvalue weighted by molar-refractivity contribution is 8.02. The summed E-state index contributed by atoms with van der Waals surface area (Å²) in [5, 5.41) is 9.80. The van der Waals surface area contributed by atoms with Gasteiger partial charge in [-0.05, 0) is 11.8 Å². The van der Waals surface area contributed by atoms with Gasteiger partial charge in [0.1, 0.15) is 0 Å². The van der Waals surface area contributed by atoms with E-state index in [1.807, 2.05) is 6.26 Å². The van der Waals surface area contributed by atoms with Crippen LogP contribution in [0.4, 0.5) is 0 Å². The maximum absolute atomic E-state index is 4.18. The molecule has 0 atom stereocenters. The van der Waals surface area contributed by atoms with E-state index in [4.69, 9.17) is 0 Å². The van der Waals surface area contributed by atoms with E-state index in [1.165, 1.54) is 10.8 Å². The van der Waals surface area contributed by atoms with Crippen molar-refractivity contribution in [3.05, 3.63) is 29.8 Å². The van der Waals surface area contributed by atoms with Gasteiger partial charge in [0.15, 0.2) is 8.68 Å². The second kappa shape index (κ2) is 6.43. The van der Waals surface area contributed by atoms with Gasteiger partial charge in [-0.25, -0.2) is 0 Å². The summed E-state index contributed by atoms with van der Waals surface area (Å²) in [6.07, 6.45) is 2.03. The lowest BCUT2D eigenvalue weighted by molar-refractivity contribution is 0.955. The highest BCUT2D eigenvalue weighted by atomic mass is 32.2. The monoisotopic (exact) mass is 326 g/mol. The molecule has 0 fully saturated rings. The molecule has 0 spiro atoms. The van der Waals surface area contributed by atoms with Crippen LogP contribution in [0, 0.1) is 0 Å². The van der Waals surface area contributed by atoms with Crippen LogP contribution in [0.1, 0.15) is 5.56 Å². The third-order valence-corrected chi connectivity index (χ3v) is 7.91. The van der Waals surface area contributed by atoms with Gasteiger partial charge in [0.2, 0.25) is 0 Å². The van der Waals surface area contributed by atoms with Crippen molar-refractivity contribution < 1.29 is 0 Å². The third-order valence-electron chi connectivity index (χ3n) is 2.74. The number of thioether (sulfide) groups is 2. The van der Waals surface area contributed by atoms with Crippen LogP contribution in [0.5, 0.6) is 0 Å². The molecule has 2 nitrogen and oxygen atoms in total. The molecule has 0 bridgehead atoms. The Kier molecular flexibility index (Phi) is 5.11. The first-order chi connectivity index (χ1) is 8.99. The number of hydrogen-bond acceptors (Lipinski definition) is 5. The maximum Gasteiger partial charge on any atom is 0.175 e. The number of benzene rings is 1. The van der Waals surface area contributed by atoms with Crippen LogP contribution in [-0.2, 0) is 5.75 Å². The minimum atomic E-state index is -1.17. The highest BCUT2D eigenvalue weighted by Crippen LogP contribution is 2.29.